The highest BCUT2D eigenvalue weighted by Gasteiger charge is 2.06. The van der Waals surface area contributed by atoms with Gasteiger partial charge in [0.15, 0.2) is 0 Å². The highest BCUT2D eigenvalue weighted by atomic mass is 16.5. The summed E-state index contributed by atoms with van der Waals surface area (Å²) in [5, 5.41) is 9.73. The van der Waals surface area contributed by atoms with E-state index in [0.29, 0.717) is 12.1 Å². The monoisotopic (exact) mass is 259 g/mol. The minimum atomic E-state index is -0.160. The van der Waals surface area contributed by atoms with E-state index in [2.05, 4.69) is 15.5 Å². The van der Waals surface area contributed by atoms with E-state index in [-0.39, 0.29) is 5.56 Å². The Morgan fingerprint density at radius 2 is 2.21 bits per heavy atom. The molecule has 100 valence electrons. The number of nitrogens with zero attached hydrogens (tertiary/aromatic N) is 1. The smallest absolute Gasteiger partial charge is 0.268 e. The summed E-state index contributed by atoms with van der Waals surface area (Å²) in [5.74, 6) is 0.763. The van der Waals surface area contributed by atoms with Gasteiger partial charge in [0.1, 0.15) is 5.75 Å². The molecule has 5 heteroatoms. The van der Waals surface area contributed by atoms with Crippen molar-refractivity contribution in [3.8, 4) is 17.0 Å². The van der Waals surface area contributed by atoms with Crippen molar-refractivity contribution in [1.82, 2.24) is 15.5 Å². The summed E-state index contributed by atoms with van der Waals surface area (Å²) in [5.41, 5.74) is 2.15. The molecule has 0 fully saturated rings. The molecule has 0 aliphatic rings. The van der Waals surface area contributed by atoms with E-state index < -0.39 is 0 Å². The van der Waals surface area contributed by atoms with Crippen LogP contribution in [0.2, 0.25) is 0 Å². The van der Waals surface area contributed by atoms with Crippen molar-refractivity contribution in [2.45, 2.75) is 13.5 Å². The number of nitrogens with one attached hydrogen (secondary N) is 2. The number of methoxy groups -OCH3 is 1. The molecule has 0 radical (unpaired) electrons. The van der Waals surface area contributed by atoms with Gasteiger partial charge in [-0.3, -0.25) is 4.79 Å². The first-order valence-electron chi connectivity index (χ1n) is 6.18. The number of hydrogen-bond donors (Lipinski definition) is 2. The van der Waals surface area contributed by atoms with Crippen molar-refractivity contribution in [2.75, 3.05) is 13.7 Å². The van der Waals surface area contributed by atoms with Crippen LogP contribution in [0.3, 0.4) is 0 Å². The fourth-order valence-electron chi connectivity index (χ4n) is 1.77. The molecule has 2 aromatic rings. The molecule has 19 heavy (non-hydrogen) atoms. The van der Waals surface area contributed by atoms with E-state index in [1.54, 1.807) is 13.2 Å². The molecular weight excluding hydrogens is 242 g/mol. The molecule has 0 aliphatic heterocycles. The largest absolute Gasteiger partial charge is 0.497 e. The number of rotatable bonds is 5. The minimum absolute atomic E-state index is 0.160. The van der Waals surface area contributed by atoms with Gasteiger partial charge in [0, 0.05) is 17.7 Å². The van der Waals surface area contributed by atoms with Crippen molar-refractivity contribution in [1.29, 1.82) is 0 Å². The minimum Gasteiger partial charge on any atom is -0.497 e. The van der Waals surface area contributed by atoms with Crippen LogP contribution in [0.25, 0.3) is 11.3 Å². The maximum atomic E-state index is 11.6. The third kappa shape index (κ3) is 3.20. The van der Waals surface area contributed by atoms with Gasteiger partial charge in [-0.05, 0) is 24.7 Å². The zero-order valence-electron chi connectivity index (χ0n) is 11.1. The highest BCUT2D eigenvalue weighted by Crippen LogP contribution is 2.21. The number of H-pyrrole nitrogens is 1. The first-order chi connectivity index (χ1) is 9.24. The van der Waals surface area contributed by atoms with Crippen molar-refractivity contribution >= 4 is 0 Å². The predicted molar refractivity (Wildman–Crippen MR) is 74.2 cm³/mol. The quantitative estimate of drug-likeness (QED) is 0.855. The maximum Gasteiger partial charge on any atom is 0.268 e. The first kappa shape index (κ1) is 13.3. The molecule has 1 aromatic carbocycles. The topological polar surface area (TPSA) is 67.0 Å². The first-order valence-corrected chi connectivity index (χ1v) is 6.18. The molecule has 0 spiro atoms. The van der Waals surface area contributed by atoms with Crippen LogP contribution in [0.5, 0.6) is 5.75 Å². The van der Waals surface area contributed by atoms with Crippen LogP contribution < -0.4 is 15.6 Å². The summed E-state index contributed by atoms with van der Waals surface area (Å²) in [6.45, 7) is 3.35. The second kappa shape index (κ2) is 6.15. The Labute approximate surface area is 111 Å². The Hall–Kier alpha value is -2.14. The van der Waals surface area contributed by atoms with Crippen molar-refractivity contribution in [3.63, 3.8) is 0 Å². The molecule has 1 heterocycles. The molecule has 2 rings (SSSR count). The van der Waals surface area contributed by atoms with Gasteiger partial charge < -0.3 is 10.1 Å². The zero-order valence-corrected chi connectivity index (χ0v) is 11.1. The van der Waals surface area contributed by atoms with E-state index in [1.165, 1.54) is 0 Å². The fourth-order valence-corrected chi connectivity index (χ4v) is 1.77. The molecule has 0 amide bonds. The number of ether oxygens (including phenoxy) is 1. The van der Waals surface area contributed by atoms with Crippen molar-refractivity contribution in [2.24, 2.45) is 0 Å². The normalized spacial score (nSPS) is 10.4. The Bertz CT molecular complexity index is 608. The Kier molecular flexibility index (Phi) is 4.30. The molecule has 0 bridgehead atoms. The lowest BCUT2D eigenvalue weighted by Gasteiger charge is -2.06. The van der Waals surface area contributed by atoms with E-state index in [0.717, 1.165) is 23.6 Å². The molecule has 0 atom stereocenters. The summed E-state index contributed by atoms with van der Waals surface area (Å²) < 4.78 is 5.18. The molecule has 0 unspecified atom stereocenters. The lowest BCUT2D eigenvalue weighted by Crippen LogP contribution is -2.21. The van der Waals surface area contributed by atoms with Crippen LogP contribution in [0, 0.1) is 0 Å². The third-order valence-electron chi connectivity index (χ3n) is 2.81. The van der Waals surface area contributed by atoms with Gasteiger partial charge in [0.2, 0.25) is 0 Å². The van der Waals surface area contributed by atoms with Crippen LogP contribution in [-0.2, 0) is 6.54 Å². The third-order valence-corrected chi connectivity index (χ3v) is 2.81. The maximum absolute atomic E-state index is 11.6. The second-order valence-electron chi connectivity index (χ2n) is 4.12. The highest BCUT2D eigenvalue weighted by molar-refractivity contribution is 5.61. The molecular formula is C14H17N3O2. The molecule has 0 saturated heterocycles. The van der Waals surface area contributed by atoms with Crippen LogP contribution >= 0.6 is 0 Å². The summed E-state index contributed by atoms with van der Waals surface area (Å²) in [6, 6.07) is 9.38. The van der Waals surface area contributed by atoms with E-state index in [1.807, 2.05) is 31.2 Å². The molecule has 0 saturated carbocycles. The summed E-state index contributed by atoms with van der Waals surface area (Å²) in [6.07, 6.45) is 0. The average molecular weight is 259 g/mol. The number of hydrogen-bond acceptors (Lipinski definition) is 4. The zero-order chi connectivity index (χ0) is 13.7. The standard InChI is InChI=1S/C14H17N3O2/c1-3-15-9-11-8-13(16-17-14(11)18)10-5-4-6-12(7-10)19-2/h4-8,15H,3,9H2,1-2H3,(H,17,18). The van der Waals surface area contributed by atoms with Crippen LogP contribution in [0.4, 0.5) is 0 Å². The Morgan fingerprint density at radius 1 is 1.37 bits per heavy atom. The Balaban J connectivity index is 2.36. The van der Waals surface area contributed by atoms with Gasteiger partial charge in [-0.1, -0.05) is 19.1 Å². The second-order valence-corrected chi connectivity index (χ2v) is 4.12. The molecule has 2 N–H and O–H groups in total. The van der Waals surface area contributed by atoms with Gasteiger partial charge in [-0.2, -0.15) is 5.10 Å². The van der Waals surface area contributed by atoms with Crippen LogP contribution in [0.15, 0.2) is 35.1 Å². The van der Waals surface area contributed by atoms with Gasteiger partial charge in [-0.25, -0.2) is 5.10 Å². The lowest BCUT2D eigenvalue weighted by molar-refractivity contribution is 0.415. The summed E-state index contributed by atoms with van der Waals surface area (Å²) in [4.78, 5) is 11.6. The van der Waals surface area contributed by atoms with Crippen molar-refractivity contribution < 1.29 is 4.74 Å². The van der Waals surface area contributed by atoms with E-state index in [9.17, 15) is 4.79 Å². The number of benzene rings is 1. The average Bonchev–Trinajstić information content (AvgIpc) is 2.46. The Morgan fingerprint density at radius 3 is 2.95 bits per heavy atom. The van der Waals surface area contributed by atoms with Crippen LogP contribution in [0.1, 0.15) is 12.5 Å². The molecule has 0 aliphatic carbocycles. The molecule has 5 nitrogen and oxygen atoms in total. The van der Waals surface area contributed by atoms with Crippen LogP contribution in [-0.4, -0.2) is 23.9 Å². The number of aromatic nitrogens is 2. The fraction of sp³-hybridized carbons (Fsp3) is 0.286. The predicted octanol–water partition coefficient (Wildman–Crippen LogP) is 1.55. The summed E-state index contributed by atoms with van der Waals surface area (Å²) in [7, 11) is 1.62. The van der Waals surface area contributed by atoms with Gasteiger partial charge >= 0.3 is 0 Å². The molecule has 1 aromatic heterocycles. The van der Waals surface area contributed by atoms with E-state index in [4.69, 9.17) is 4.74 Å². The van der Waals surface area contributed by atoms with Gasteiger partial charge in [-0.15, -0.1) is 0 Å². The SMILES string of the molecule is CCNCc1cc(-c2cccc(OC)c2)n[nH]c1=O. The summed E-state index contributed by atoms with van der Waals surface area (Å²) >= 11 is 0. The van der Waals surface area contributed by atoms with Crippen molar-refractivity contribution in [3.05, 3.63) is 46.2 Å². The van der Waals surface area contributed by atoms with E-state index >= 15 is 0 Å². The lowest BCUT2D eigenvalue weighted by atomic mass is 10.1. The number of aromatic amines is 1. The van der Waals surface area contributed by atoms with Gasteiger partial charge in [0.25, 0.3) is 5.56 Å². The van der Waals surface area contributed by atoms with Gasteiger partial charge in [0.05, 0.1) is 12.8 Å².